The highest BCUT2D eigenvalue weighted by Gasteiger charge is 2.14. The number of nitrogens with one attached hydrogen (secondary N) is 1. The zero-order valence-corrected chi connectivity index (χ0v) is 11.7. The summed E-state index contributed by atoms with van der Waals surface area (Å²) in [7, 11) is 1.65. The first-order valence-electron chi connectivity index (χ1n) is 6.59. The fourth-order valence-electron chi connectivity index (χ4n) is 2.09. The van der Waals surface area contributed by atoms with Gasteiger partial charge in [0.25, 0.3) is 0 Å². The van der Waals surface area contributed by atoms with Crippen LogP contribution in [-0.4, -0.2) is 7.11 Å². The second kappa shape index (κ2) is 6.74. The third-order valence-electron chi connectivity index (χ3n) is 3.29. The summed E-state index contributed by atoms with van der Waals surface area (Å²) < 4.78 is 5.15. The summed E-state index contributed by atoms with van der Waals surface area (Å²) >= 11 is 0. The highest BCUT2D eigenvalue weighted by Crippen LogP contribution is 2.21. The number of nitriles is 1. The third kappa shape index (κ3) is 3.37. The van der Waals surface area contributed by atoms with Gasteiger partial charge in [-0.25, -0.2) is 0 Å². The lowest BCUT2D eigenvalue weighted by molar-refractivity contribution is 0.414. The van der Waals surface area contributed by atoms with E-state index in [2.05, 4.69) is 18.3 Å². The van der Waals surface area contributed by atoms with Crippen LogP contribution in [0.3, 0.4) is 0 Å². The molecule has 0 saturated heterocycles. The van der Waals surface area contributed by atoms with Gasteiger partial charge < -0.3 is 4.74 Å². The largest absolute Gasteiger partial charge is 0.497 e. The molecule has 0 fully saturated rings. The minimum atomic E-state index is -0.312. The van der Waals surface area contributed by atoms with Gasteiger partial charge in [-0.2, -0.15) is 5.26 Å². The molecule has 0 aliphatic carbocycles. The van der Waals surface area contributed by atoms with Crippen LogP contribution in [0.25, 0.3) is 0 Å². The number of hydrogen-bond acceptors (Lipinski definition) is 3. The molecule has 0 unspecified atom stereocenters. The Hall–Kier alpha value is -2.31. The van der Waals surface area contributed by atoms with Crippen molar-refractivity contribution < 1.29 is 4.74 Å². The van der Waals surface area contributed by atoms with Gasteiger partial charge in [-0.05, 0) is 30.2 Å². The molecule has 2 atom stereocenters. The van der Waals surface area contributed by atoms with Crippen LogP contribution in [0.4, 0.5) is 0 Å². The molecule has 3 heteroatoms. The summed E-state index contributed by atoms with van der Waals surface area (Å²) in [6.07, 6.45) is 0. The lowest BCUT2D eigenvalue weighted by atomic mass is 10.0. The van der Waals surface area contributed by atoms with Crippen molar-refractivity contribution in [3.63, 3.8) is 0 Å². The summed E-state index contributed by atoms with van der Waals surface area (Å²) in [6, 6.07) is 19.7. The molecule has 102 valence electrons. The van der Waals surface area contributed by atoms with Gasteiger partial charge in [0.2, 0.25) is 0 Å². The topological polar surface area (TPSA) is 45.0 Å². The maximum atomic E-state index is 9.32. The molecule has 0 saturated carbocycles. The van der Waals surface area contributed by atoms with E-state index in [9.17, 15) is 5.26 Å². The SMILES string of the molecule is COc1ccc([C@H](C)N[C@@H](C#N)c2ccccc2)cc1. The lowest BCUT2D eigenvalue weighted by Gasteiger charge is -2.19. The van der Waals surface area contributed by atoms with Crippen molar-refractivity contribution in [2.75, 3.05) is 7.11 Å². The molecule has 0 aliphatic heterocycles. The molecule has 3 nitrogen and oxygen atoms in total. The van der Waals surface area contributed by atoms with E-state index >= 15 is 0 Å². The van der Waals surface area contributed by atoms with E-state index in [4.69, 9.17) is 4.74 Å². The van der Waals surface area contributed by atoms with Gasteiger partial charge in [0, 0.05) is 6.04 Å². The maximum absolute atomic E-state index is 9.32. The zero-order chi connectivity index (χ0) is 14.4. The van der Waals surface area contributed by atoms with Gasteiger partial charge in [-0.3, -0.25) is 5.32 Å². The van der Waals surface area contributed by atoms with Crippen molar-refractivity contribution in [1.29, 1.82) is 5.26 Å². The summed E-state index contributed by atoms with van der Waals surface area (Å²) in [4.78, 5) is 0. The van der Waals surface area contributed by atoms with Crippen LogP contribution in [0.1, 0.15) is 30.1 Å². The van der Waals surface area contributed by atoms with Crippen LogP contribution in [0.5, 0.6) is 5.75 Å². The van der Waals surface area contributed by atoms with Gasteiger partial charge in [-0.15, -0.1) is 0 Å². The number of ether oxygens (including phenoxy) is 1. The number of methoxy groups -OCH3 is 1. The summed E-state index contributed by atoms with van der Waals surface area (Å²) in [5.41, 5.74) is 2.11. The minimum Gasteiger partial charge on any atom is -0.497 e. The Morgan fingerprint density at radius 1 is 1.00 bits per heavy atom. The average molecular weight is 266 g/mol. The smallest absolute Gasteiger partial charge is 0.121 e. The number of hydrogen-bond donors (Lipinski definition) is 1. The third-order valence-corrected chi connectivity index (χ3v) is 3.29. The first-order valence-corrected chi connectivity index (χ1v) is 6.59. The fourth-order valence-corrected chi connectivity index (χ4v) is 2.09. The Bertz CT molecular complexity index is 572. The average Bonchev–Trinajstić information content (AvgIpc) is 2.53. The summed E-state index contributed by atoms with van der Waals surface area (Å²) in [6.45, 7) is 2.05. The second-order valence-corrected chi connectivity index (χ2v) is 4.63. The first-order chi connectivity index (χ1) is 9.74. The number of nitrogens with zero attached hydrogens (tertiary/aromatic N) is 1. The molecule has 1 N–H and O–H groups in total. The zero-order valence-electron chi connectivity index (χ0n) is 11.7. The second-order valence-electron chi connectivity index (χ2n) is 4.63. The van der Waals surface area contributed by atoms with Crippen LogP contribution in [-0.2, 0) is 0 Å². The van der Waals surface area contributed by atoms with Crippen LogP contribution in [0.15, 0.2) is 54.6 Å². The van der Waals surface area contributed by atoms with Crippen LogP contribution in [0, 0.1) is 11.3 Å². The molecule has 2 aromatic carbocycles. The number of rotatable bonds is 5. The molecule has 0 radical (unpaired) electrons. The van der Waals surface area contributed by atoms with Crippen molar-refractivity contribution >= 4 is 0 Å². The highest BCUT2D eigenvalue weighted by atomic mass is 16.5. The normalized spacial score (nSPS) is 13.2. The van der Waals surface area contributed by atoms with Crippen LogP contribution < -0.4 is 10.1 Å². The molecule has 2 aromatic rings. The molecular formula is C17H18N2O. The van der Waals surface area contributed by atoms with Crippen molar-refractivity contribution in [2.45, 2.75) is 19.0 Å². The first kappa shape index (κ1) is 14.1. The van der Waals surface area contributed by atoms with E-state index in [0.29, 0.717) is 0 Å². The van der Waals surface area contributed by atoms with Gasteiger partial charge in [0.1, 0.15) is 11.8 Å². The Labute approximate surface area is 119 Å². The minimum absolute atomic E-state index is 0.0887. The van der Waals surface area contributed by atoms with E-state index in [0.717, 1.165) is 16.9 Å². The Balaban J connectivity index is 2.09. The fraction of sp³-hybridized carbons (Fsp3) is 0.235. The van der Waals surface area contributed by atoms with E-state index in [1.807, 2.05) is 54.6 Å². The van der Waals surface area contributed by atoms with Crippen molar-refractivity contribution in [3.05, 3.63) is 65.7 Å². The predicted molar refractivity (Wildman–Crippen MR) is 79.3 cm³/mol. The van der Waals surface area contributed by atoms with Gasteiger partial charge in [0.05, 0.1) is 13.2 Å². The van der Waals surface area contributed by atoms with Gasteiger partial charge in [-0.1, -0.05) is 42.5 Å². The molecular weight excluding hydrogens is 248 g/mol. The summed E-state index contributed by atoms with van der Waals surface area (Å²) in [5, 5.41) is 12.7. The predicted octanol–water partition coefficient (Wildman–Crippen LogP) is 3.61. The molecule has 2 rings (SSSR count). The van der Waals surface area contributed by atoms with E-state index in [1.54, 1.807) is 7.11 Å². The summed E-state index contributed by atoms with van der Waals surface area (Å²) in [5.74, 6) is 0.834. The van der Waals surface area contributed by atoms with Gasteiger partial charge >= 0.3 is 0 Å². The maximum Gasteiger partial charge on any atom is 0.121 e. The van der Waals surface area contributed by atoms with E-state index in [1.165, 1.54) is 0 Å². The standard InChI is InChI=1S/C17H18N2O/c1-13(14-8-10-16(20-2)11-9-14)19-17(12-18)15-6-4-3-5-7-15/h3-11,13,17,19H,1-2H3/t13-,17-/m0/s1. The molecule has 0 aliphatic rings. The quantitative estimate of drug-likeness (QED) is 0.899. The Kier molecular flexibility index (Phi) is 4.75. The Morgan fingerprint density at radius 3 is 2.20 bits per heavy atom. The van der Waals surface area contributed by atoms with Crippen molar-refractivity contribution in [1.82, 2.24) is 5.32 Å². The van der Waals surface area contributed by atoms with E-state index < -0.39 is 0 Å². The highest BCUT2D eigenvalue weighted by molar-refractivity contribution is 5.30. The van der Waals surface area contributed by atoms with Crippen LogP contribution >= 0.6 is 0 Å². The van der Waals surface area contributed by atoms with Crippen molar-refractivity contribution in [2.24, 2.45) is 0 Å². The molecule has 0 spiro atoms. The molecule has 0 aromatic heterocycles. The van der Waals surface area contributed by atoms with Crippen LogP contribution in [0.2, 0.25) is 0 Å². The van der Waals surface area contributed by atoms with E-state index in [-0.39, 0.29) is 12.1 Å². The lowest BCUT2D eigenvalue weighted by Crippen LogP contribution is -2.23. The monoisotopic (exact) mass is 266 g/mol. The number of benzene rings is 2. The molecule has 0 bridgehead atoms. The molecule has 20 heavy (non-hydrogen) atoms. The van der Waals surface area contributed by atoms with Gasteiger partial charge in [0.15, 0.2) is 0 Å². The Morgan fingerprint density at radius 2 is 1.65 bits per heavy atom. The molecule has 0 heterocycles. The van der Waals surface area contributed by atoms with Crippen molar-refractivity contribution in [3.8, 4) is 11.8 Å². The molecule has 0 amide bonds.